The highest BCUT2D eigenvalue weighted by Gasteiger charge is 2.16. The number of benzene rings is 1. The van der Waals surface area contributed by atoms with Crippen LogP contribution in [0.5, 0.6) is 5.75 Å². The summed E-state index contributed by atoms with van der Waals surface area (Å²) >= 11 is 1.30. The fraction of sp³-hybridized carbons (Fsp3) is 0.500. The van der Waals surface area contributed by atoms with E-state index in [2.05, 4.69) is 10.6 Å². The van der Waals surface area contributed by atoms with Crippen LogP contribution in [0.1, 0.15) is 19.4 Å². The van der Waals surface area contributed by atoms with Gasteiger partial charge in [0.05, 0.1) is 0 Å². The number of carbonyl (C=O) groups excluding carboxylic acids is 2. The molecule has 23 heavy (non-hydrogen) atoms. The van der Waals surface area contributed by atoms with E-state index in [0.717, 1.165) is 31.7 Å². The fourth-order valence-electron chi connectivity index (χ4n) is 2.11. The summed E-state index contributed by atoms with van der Waals surface area (Å²) in [6.45, 7) is 6.99. The van der Waals surface area contributed by atoms with E-state index in [1.54, 1.807) is 12.1 Å². The lowest BCUT2D eigenvalue weighted by Gasteiger charge is -2.26. The van der Waals surface area contributed by atoms with Gasteiger partial charge in [-0.05, 0) is 31.5 Å². The minimum Gasteiger partial charge on any atom is -0.410 e. The van der Waals surface area contributed by atoms with E-state index in [9.17, 15) is 9.59 Å². The average Bonchev–Trinajstić information content (AvgIpc) is 2.54. The van der Waals surface area contributed by atoms with E-state index in [4.69, 9.17) is 4.74 Å². The molecule has 2 amide bonds. The number of hydrogen-bond donors (Lipinski definition) is 2. The van der Waals surface area contributed by atoms with E-state index in [1.165, 1.54) is 11.8 Å². The zero-order chi connectivity index (χ0) is 16.7. The van der Waals surface area contributed by atoms with Crippen LogP contribution < -0.4 is 15.4 Å². The van der Waals surface area contributed by atoms with Gasteiger partial charge in [-0.3, -0.25) is 4.79 Å². The SMILES string of the molecule is CC(C)NC(=O)Oc1ccc(CSC(=O)N2CCNCC2)cc1. The third-order valence-corrected chi connectivity index (χ3v) is 4.26. The summed E-state index contributed by atoms with van der Waals surface area (Å²) in [6, 6.07) is 7.26. The van der Waals surface area contributed by atoms with E-state index in [1.807, 2.05) is 30.9 Å². The first-order chi connectivity index (χ1) is 11.0. The van der Waals surface area contributed by atoms with Gasteiger partial charge in [-0.1, -0.05) is 23.9 Å². The maximum atomic E-state index is 12.1. The van der Waals surface area contributed by atoms with Crippen LogP contribution in [-0.2, 0) is 5.75 Å². The first-order valence-corrected chi connectivity index (χ1v) is 8.73. The summed E-state index contributed by atoms with van der Waals surface area (Å²) < 4.78 is 5.16. The molecule has 1 fully saturated rings. The average molecular weight is 337 g/mol. The zero-order valence-corrected chi connectivity index (χ0v) is 14.3. The van der Waals surface area contributed by atoms with Crippen molar-refractivity contribution in [2.45, 2.75) is 25.6 Å². The number of piperazine rings is 1. The molecule has 0 aromatic heterocycles. The molecule has 1 aliphatic rings. The minimum atomic E-state index is -0.462. The van der Waals surface area contributed by atoms with Gasteiger partial charge in [-0.2, -0.15) is 0 Å². The Balaban J connectivity index is 1.78. The lowest BCUT2D eigenvalue weighted by molar-refractivity contribution is 0.197. The van der Waals surface area contributed by atoms with Crippen molar-refractivity contribution in [1.29, 1.82) is 0 Å². The monoisotopic (exact) mass is 337 g/mol. The Morgan fingerprint density at radius 2 is 1.91 bits per heavy atom. The Morgan fingerprint density at radius 3 is 2.52 bits per heavy atom. The Kier molecular flexibility index (Phi) is 6.73. The Bertz CT molecular complexity index is 528. The summed E-state index contributed by atoms with van der Waals surface area (Å²) in [4.78, 5) is 25.4. The highest BCUT2D eigenvalue weighted by Crippen LogP contribution is 2.19. The number of nitrogens with zero attached hydrogens (tertiary/aromatic N) is 1. The maximum absolute atomic E-state index is 12.1. The maximum Gasteiger partial charge on any atom is 0.412 e. The van der Waals surface area contributed by atoms with Crippen molar-refractivity contribution in [2.75, 3.05) is 26.2 Å². The third-order valence-electron chi connectivity index (χ3n) is 3.28. The molecule has 6 nitrogen and oxygen atoms in total. The van der Waals surface area contributed by atoms with Crippen LogP contribution in [0, 0.1) is 0 Å². The van der Waals surface area contributed by atoms with Crippen molar-refractivity contribution >= 4 is 23.1 Å². The molecule has 0 radical (unpaired) electrons. The molecule has 1 saturated heterocycles. The molecule has 7 heteroatoms. The Morgan fingerprint density at radius 1 is 1.26 bits per heavy atom. The van der Waals surface area contributed by atoms with Gasteiger partial charge in [0.1, 0.15) is 5.75 Å². The summed E-state index contributed by atoms with van der Waals surface area (Å²) in [7, 11) is 0. The number of thioether (sulfide) groups is 1. The second-order valence-corrected chi connectivity index (χ2v) is 6.55. The molecule has 0 aliphatic carbocycles. The molecule has 2 N–H and O–H groups in total. The van der Waals surface area contributed by atoms with Crippen LogP contribution in [-0.4, -0.2) is 48.5 Å². The molecule has 0 bridgehead atoms. The van der Waals surface area contributed by atoms with Gasteiger partial charge in [-0.25, -0.2) is 4.79 Å². The molecular weight excluding hydrogens is 314 g/mol. The number of carbonyl (C=O) groups is 2. The van der Waals surface area contributed by atoms with Crippen molar-refractivity contribution < 1.29 is 14.3 Å². The first-order valence-electron chi connectivity index (χ1n) is 7.74. The minimum absolute atomic E-state index is 0.0363. The van der Waals surface area contributed by atoms with Gasteiger partial charge in [-0.15, -0.1) is 0 Å². The summed E-state index contributed by atoms with van der Waals surface area (Å²) in [6.07, 6.45) is -0.462. The first kappa shape index (κ1) is 17.6. The third kappa shape index (κ3) is 6.11. The van der Waals surface area contributed by atoms with E-state index >= 15 is 0 Å². The lowest BCUT2D eigenvalue weighted by Crippen LogP contribution is -2.45. The van der Waals surface area contributed by atoms with Gasteiger partial charge < -0.3 is 20.3 Å². The molecule has 0 saturated carbocycles. The normalized spacial score (nSPS) is 14.7. The summed E-state index contributed by atoms with van der Waals surface area (Å²) in [5.74, 6) is 1.10. The van der Waals surface area contributed by atoms with Gasteiger partial charge in [0.25, 0.3) is 5.24 Å². The van der Waals surface area contributed by atoms with Crippen molar-refractivity contribution in [2.24, 2.45) is 0 Å². The Hall–Kier alpha value is -1.73. The van der Waals surface area contributed by atoms with Gasteiger partial charge in [0.2, 0.25) is 0 Å². The quantitative estimate of drug-likeness (QED) is 0.883. The number of rotatable bonds is 4. The molecule has 0 atom stereocenters. The Labute approximate surface area is 140 Å². The van der Waals surface area contributed by atoms with E-state index in [0.29, 0.717) is 11.5 Å². The highest BCUT2D eigenvalue weighted by atomic mass is 32.2. The van der Waals surface area contributed by atoms with E-state index in [-0.39, 0.29) is 11.3 Å². The lowest BCUT2D eigenvalue weighted by atomic mass is 10.2. The zero-order valence-electron chi connectivity index (χ0n) is 13.5. The van der Waals surface area contributed by atoms with Gasteiger partial charge >= 0.3 is 6.09 Å². The topological polar surface area (TPSA) is 70.7 Å². The number of ether oxygens (including phenoxy) is 1. The van der Waals surface area contributed by atoms with Crippen LogP contribution in [0.3, 0.4) is 0 Å². The van der Waals surface area contributed by atoms with Crippen LogP contribution >= 0.6 is 11.8 Å². The van der Waals surface area contributed by atoms with Crippen LogP contribution in [0.25, 0.3) is 0 Å². The van der Waals surface area contributed by atoms with Gasteiger partial charge in [0.15, 0.2) is 0 Å². The second-order valence-electron chi connectivity index (χ2n) is 5.62. The molecule has 1 aliphatic heterocycles. The highest BCUT2D eigenvalue weighted by molar-refractivity contribution is 8.12. The molecule has 1 aromatic carbocycles. The summed E-state index contributed by atoms with van der Waals surface area (Å²) in [5.41, 5.74) is 1.02. The molecule has 126 valence electrons. The van der Waals surface area contributed by atoms with Crippen LogP contribution in [0.2, 0.25) is 0 Å². The van der Waals surface area contributed by atoms with Crippen molar-refractivity contribution in [1.82, 2.24) is 15.5 Å². The second kappa shape index (κ2) is 8.79. The van der Waals surface area contributed by atoms with Gasteiger partial charge in [0, 0.05) is 38.0 Å². The molecule has 2 rings (SSSR count). The smallest absolute Gasteiger partial charge is 0.410 e. The molecule has 0 spiro atoms. The fourth-order valence-corrected chi connectivity index (χ4v) is 2.96. The standard InChI is InChI=1S/C16H23N3O3S/c1-12(2)18-15(20)22-14-5-3-13(4-6-14)11-23-16(21)19-9-7-17-8-10-19/h3-6,12,17H,7-11H2,1-2H3,(H,18,20). The summed E-state index contributed by atoms with van der Waals surface area (Å²) in [5, 5.41) is 6.00. The predicted molar refractivity (Wildman–Crippen MR) is 91.9 cm³/mol. The van der Waals surface area contributed by atoms with Crippen LogP contribution in [0.4, 0.5) is 9.59 Å². The molecular formula is C16H23N3O3S. The number of hydrogen-bond acceptors (Lipinski definition) is 5. The van der Waals surface area contributed by atoms with Crippen molar-refractivity contribution in [3.63, 3.8) is 0 Å². The predicted octanol–water partition coefficient (Wildman–Crippen LogP) is 2.44. The van der Waals surface area contributed by atoms with Crippen molar-refractivity contribution in [3.05, 3.63) is 29.8 Å². The largest absolute Gasteiger partial charge is 0.412 e. The molecule has 0 unspecified atom stereocenters. The number of amides is 2. The number of nitrogens with one attached hydrogen (secondary N) is 2. The molecule has 1 aromatic rings. The molecule has 1 heterocycles. The van der Waals surface area contributed by atoms with E-state index < -0.39 is 6.09 Å². The van der Waals surface area contributed by atoms with Crippen molar-refractivity contribution in [3.8, 4) is 5.75 Å². The van der Waals surface area contributed by atoms with Crippen LogP contribution in [0.15, 0.2) is 24.3 Å².